The maximum Gasteiger partial charge on any atom is 0.325 e. The number of carbonyl (C=O) groups excluding carboxylic acids is 1. The zero-order chi connectivity index (χ0) is 13.8. The van der Waals surface area contributed by atoms with E-state index in [2.05, 4.69) is 24.1 Å². The van der Waals surface area contributed by atoms with Gasteiger partial charge in [-0.15, -0.1) is 0 Å². The molecule has 1 aliphatic heterocycles. The third kappa shape index (κ3) is 3.95. The van der Waals surface area contributed by atoms with Gasteiger partial charge in [-0.05, 0) is 51.7 Å². The highest BCUT2D eigenvalue weighted by Crippen LogP contribution is 2.29. The molecule has 1 N–H and O–H groups in total. The summed E-state index contributed by atoms with van der Waals surface area (Å²) in [7, 11) is 3.26. The van der Waals surface area contributed by atoms with E-state index in [1.807, 2.05) is 14.0 Å². The van der Waals surface area contributed by atoms with E-state index in [9.17, 15) is 4.79 Å². The lowest BCUT2D eigenvalue weighted by Crippen LogP contribution is -2.48. The predicted molar refractivity (Wildman–Crippen MR) is 73.6 cm³/mol. The van der Waals surface area contributed by atoms with Gasteiger partial charge in [-0.2, -0.15) is 0 Å². The summed E-state index contributed by atoms with van der Waals surface area (Å²) in [6.07, 6.45) is 3.10. The molecule has 0 radical (unpaired) electrons. The third-order valence-electron chi connectivity index (χ3n) is 4.10. The molecule has 4 nitrogen and oxygen atoms in total. The van der Waals surface area contributed by atoms with Crippen molar-refractivity contribution in [2.24, 2.45) is 5.41 Å². The molecule has 1 rings (SSSR count). The Morgan fingerprint density at radius 1 is 1.50 bits per heavy atom. The lowest BCUT2D eigenvalue weighted by atomic mass is 9.93. The molecule has 0 aliphatic carbocycles. The molecule has 0 aromatic rings. The highest BCUT2D eigenvalue weighted by Gasteiger charge is 2.33. The number of hydrogen-bond acceptors (Lipinski definition) is 4. The first-order chi connectivity index (χ1) is 8.33. The number of nitrogens with one attached hydrogen (secondary N) is 1. The number of ether oxygens (including phenoxy) is 1. The summed E-state index contributed by atoms with van der Waals surface area (Å²) in [5, 5.41) is 3.08. The fraction of sp³-hybridized carbons (Fsp3) is 0.929. The molecule has 0 aromatic heterocycles. The van der Waals surface area contributed by atoms with Crippen LogP contribution in [0.4, 0.5) is 0 Å². The minimum atomic E-state index is -0.552. The second-order valence-corrected chi connectivity index (χ2v) is 6.37. The second kappa shape index (κ2) is 6.02. The van der Waals surface area contributed by atoms with Crippen LogP contribution in [0.3, 0.4) is 0 Å². The van der Waals surface area contributed by atoms with Gasteiger partial charge in [0.1, 0.15) is 5.54 Å². The Hall–Kier alpha value is -0.610. The van der Waals surface area contributed by atoms with Crippen LogP contribution in [0.5, 0.6) is 0 Å². The molecule has 1 unspecified atom stereocenters. The molecule has 1 heterocycles. The summed E-state index contributed by atoms with van der Waals surface area (Å²) in [6.45, 7) is 9.96. The molecule has 1 atom stereocenters. The number of nitrogens with zero attached hydrogens (tertiary/aromatic N) is 1. The number of methoxy groups -OCH3 is 1. The largest absolute Gasteiger partial charge is 0.468 e. The van der Waals surface area contributed by atoms with Crippen LogP contribution in [0.15, 0.2) is 0 Å². The second-order valence-electron chi connectivity index (χ2n) is 6.37. The van der Waals surface area contributed by atoms with Crippen LogP contribution in [0.25, 0.3) is 0 Å². The average Bonchev–Trinajstić information content (AvgIpc) is 2.67. The van der Waals surface area contributed by atoms with Crippen molar-refractivity contribution in [1.29, 1.82) is 0 Å². The Bertz CT molecular complexity index is 292. The Labute approximate surface area is 111 Å². The van der Waals surface area contributed by atoms with Crippen molar-refractivity contribution in [3.63, 3.8) is 0 Å². The summed E-state index contributed by atoms with van der Waals surface area (Å²) < 4.78 is 4.85. The number of esters is 1. The Kier molecular flexibility index (Phi) is 5.17. The van der Waals surface area contributed by atoms with E-state index < -0.39 is 5.54 Å². The van der Waals surface area contributed by atoms with Gasteiger partial charge in [0.05, 0.1) is 7.11 Å². The summed E-state index contributed by atoms with van der Waals surface area (Å²) in [4.78, 5) is 14.2. The molecular formula is C14H28N2O2. The van der Waals surface area contributed by atoms with Gasteiger partial charge < -0.3 is 15.0 Å². The van der Waals surface area contributed by atoms with Gasteiger partial charge in [-0.1, -0.05) is 13.8 Å². The summed E-state index contributed by atoms with van der Waals surface area (Å²) in [6, 6.07) is 0. The first-order valence-corrected chi connectivity index (χ1v) is 6.83. The van der Waals surface area contributed by atoms with Crippen molar-refractivity contribution in [1.82, 2.24) is 10.2 Å². The van der Waals surface area contributed by atoms with Gasteiger partial charge in [0.15, 0.2) is 0 Å². The normalized spacial score (nSPS) is 22.7. The molecule has 1 aliphatic rings. The fourth-order valence-corrected chi connectivity index (χ4v) is 2.63. The number of rotatable bonds is 6. The molecule has 1 fully saturated rings. The van der Waals surface area contributed by atoms with Crippen LogP contribution in [0.2, 0.25) is 0 Å². The lowest BCUT2D eigenvalue weighted by molar-refractivity contribution is -0.148. The predicted octanol–water partition coefficient (Wildman–Crippen LogP) is 1.65. The highest BCUT2D eigenvalue weighted by molar-refractivity contribution is 5.80. The number of hydrogen-bond donors (Lipinski definition) is 1. The van der Waals surface area contributed by atoms with E-state index in [0.29, 0.717) is 5.41 Å². The smallest absolute Gasteiger partial charge is 0.325 e. The van der Waals surface area contributed by atoms with Crippen LogP contribution in [0, 0.1) is 5.41 Å². The van der Waals surface area contributed by atoms with Crippen LogP contribution in [0.1, 0.15) is 40.0 Å². The molecule has 4 heteroatoms. The first-order valence-electron chi connectivity index (χ1n) is 6.83. The van der Waals surface area contributed by atoms with E-state index in [1.165, 1.54) is 26.6 Å². The molecular weight excluding hydrogens is 228 g/mol. The minimum Gasteiger partial charge on any atom is -0.468 e. The van der Waals surface area contributed by atoms with Gasteiger partial charge in [-0.3, -0.25) is 4.79 Å². The van der Waals surface area contributed by atoms with Crippen LogP contribution >= 0.6 is 0 Å². The Balaban J connectivity index is 2.34. The molecule has 106 valence electrons. The zero-order valence-corrected chi connectivity index (χ0v) is 12.5. The van der Waals surface area contributed by atoms with E-state index in [4.69, 9.17) is 4.74 Å². The van der Waals surface area contributed by atoms with Gasteiger partial charge in [0.25, 0.3) is 0 Å². The number of likely N-dealkylation sites (N-methyl/N-ethyl adjacent to an activating group) is 1. The molecule has 0 amide bonds. The highest BCUT2D eigenvalue weighted by atomic mass is 16.5. The van der Waals surface area contributed by atoms with E-state index in [1.54, 1.807) is 0 Å². The van der Waals surface area contributed by atoms with E-state index >= 15 is 0 Å². The minimum absolute atomic E-state index is 0.174. The first kappa shape index (κ1) is 15.4. The summed E-state index contributed by atoms with van der Waals surface area (Å²) in [5.74, 6) is -0.174. The number of likely N-dealkylation sites (tertiary alicyclic amines) is 1. The SMILES string of the molecule is CNC(C)(CCCN1CCC(C)(C)C1)C(=O)OC. The van der Waals surface area contributed by atoms with Gasteiger partial charge >= 0.3 is 5.97 Å². The van der Waals surface area contributed by atoms with Crippen molar-refractivity contribution >= 4 is 5.97 Å². The van der Waals surface area contributed by atoms with E-state index in [-0.39, 0.29) is 5.97 Å². The monoisotopic (exact) mass is 256 g/mol. The van der Waals surface area contributed by atoms with Crippen LogP contribution in [-0.4, -0.2) is 50.2 Å². The molecule has 18 heavy (non-hydrogen) atoms. The summed E-state index contributed by atoms with van der Waals surface area (Å²) in [5.41, 5.74) is -0.0986. The molecule has 1 saturated heterocycles. The van der Waals surface area contributed by atoms with Crippen molar-refractivity contribution in [3.05, 3.63) is 0 Å². The maximum absolute atomic E-state index is 11.7. The van der Waals surface area contributed by atoms with Crippen molar-refractivity contribution in [2.75, 3.05) is 33.8 Å². The zero-order valence-electron chi connectivity index (χ0n) is 12.5. The Morgan fingerprint density at radius 2 is 2.17 bits per heavy atom. The van der Waals surface area contributed by atoms with Gasteiger partial charge in [0.2, 0.25) is 0 Å². The van der Waals surface area contributed by atoms with Gasteiger partial charge in [-0.25, -0.2) is 0 Å². The topological polar surface area (TPSA) is 41.6 Å². The molecule has 0 bridgehead atoms. The number of carbonyl (C=O) groups is 1. The molecule has 0 saturated carbocycles. The quantitative estimate of drug-likeness (QED) is 0.734. The summed E-state index contributed by atoms with van der Waals surface area (Å²) >= 11 is 0. The van der Waals surface area contributed by atoms with Crippen molar-refractivity contribution in [3.8, 4) is 0 Å². The fourth-order valence-electron chi connectivity index (χ4n) is 2.63. The molecule has 0 aromatic carbocycles. The third-order valence-corrected chi connectivity index (χ3v) is 4.10. The van der Waals surface area contributed by atoms with Crippen molar-refractivity contribution in [2.45, 2.75) is 45.6 Å². The van der Waals surface area contributed by atoms with E-state index in [0.717, 1.165) is 19.4 Å². The maximum atomic E-state index is 11.7. The van der Waals surface area contributed by atoms with Gasteiger partial charge in [0, 0.05) is 6.54 Å². The Morgan fingerprint density at radius 3 is 2.61 bits per heavy atom. The molecule has 0 spiro atoms. The average molecular weight is 256 g/mol. The lowest BCUT2D eigenvalue weighted by Gasteiger charge is -2.27. The van der Waals surface area contributed by atoms with Crippen LogP contribution in [-0.2, 0) is 9.53 Å². The van der Waals surface area contributed by atoms with Crippen molar-refractivity contribution < 1.29 is 9.53 Å². The standard InChI is InChI=1S/C14H28N2O2/c1-13(2)8-10-16(11-13)9-6-7-14(3,15-4)12(17)18-5/h15H,6-11H2,1-5H3. The van der Waals surface area contributed by atoms with Crippen LogP contribution < -0.4 is 5.32 Å².